The topological polar surface area (TPSA) is 38.1 Å². The van der Waals surface area contributed by atoms with Crippen molar-refractivity contribution in [2.45, 2.75) is 13.2 Å². The number of aliphatic hydroxyl groups excluding tert-OH is 1. The molecule has 2 rings (SSSR count). The van der Waals surface area contributed by atoms with Crippen molar-refractivity contribution in [3.05, 3.63) is 42.0 Å². The zero-order valence-electron chi connectivity index (χ0n) is 8.65. The third kappa shape index (κ3) is 2.31. The Morgan fingerprint density at radius 1 is 1.35 bits per heavy atom. The highest BCUT2D eigenvalue weighted by atomic mass is 19.3. The second-order valence-electron chi connectivity index (χ2n) is 3.46. The van der Waals surface area contributed by atoms with Crippen molar-refractivity contribution in [2.24, 2.45) is 0 Å². The van der Waals surface area contributed by atoms with E-state index in [1.807, 2.05) is 0 Å². The van der Waals surface area contributed by atoms with Gasteiger partial charge in [-0.05, 0) is 11.6 Å². The van der Waals surface area contributed by atoms with Crippen molar-refractivity contribution in [3.63, 3.8) is 0 Å². The van der Waals surface area contributed by atoms with Crippen LogP contribution in [0.3, 0.4) is 0 Å². The SMILES string of the molecule is OCc1ccc(-c2cnn(C(F)F)c2)c(F)c1. The van der Waals surface area contributed by atoms with Crippen LogP contribution in [-0.4, -0.2) is 14.9 Å². The number of rotatable bonds is 3. The minimum Gasteiger partial charge on any atom is -0.392 e. The standard InChI is InChI=1S/C11H9F3N2O/c12-10-3-7(6-17)1-2-9(10)8-4-15-16(5-8)11(13)14/h1-5,11,17H,6H2. The zero-order valence-corrected chi connectivity index (χ0v) is 8.65. The summed E-state index contributed by atoms with van der Waals surface area (Å²) in [6.45, 7) is -3.02. The predicted octanol–water partition coefficient (Wildman–Crippen LogP) is 2.58. The molecule has 2 aromatic rings. The lowest BCUT2D eigenvalue weighted by atomic mass is 10.1. The molecule has 0 amide bonds. The Morgan fingerprint density at radius 2 is 2.12 bits per heavy atom. The van der Waals surface area contributed by atoms with E-state index < -0.39 is 12.4 Å². The van der Waals surface area contributed by atoms with E-state index in [4.69, 9.17) is 5.11 Å². The molecule has 6 heteroatoms. The van der Waals surface area contributed by atoms with E-state index >= 15 is 0 Å². The zero-order chi connectivity index (χ0) is 12.4. The first kappa shape index (κ1) is 11.7. The molecule has 1 aromatic carbocycles. The summed E-state index contributed by atoms with van der Waals surface area (Å²) in [5.74, 6) is -0.578. The van der Waals surface area contributed by atoms with Crippen molar-refractivity contribution in [1.82, 2.24) is 9.78 Å². The summed E-state index contributed by atoms with van der Waals surface area (Å²) < 4.78 is 38.6. The molecule has 3 nitrogen and oxygen atoms in total. The Kier molecular flexibility index (Phi) is 3.14. The summed E-state index contributed by atoms with van der Waals surface area (Å²) in [6.07, 6.45) is 2.24. The largest absolute Gasteiger partial charge is 0.392 e. The van der Waals surface area contributed by atoms with E-state index in [1.165, 1.54) is 18.3 Å². The third-order valence-electron chi connectivity index (χ3n) is 2.33. The predicted molar refractivity (Wildman–Crippen MR) is 54.8 cm³/mol. The van der Waals surface area contributed by atoms with Gasteiger partial charge in [0.1, 0.15) is 5.82 Å². The minimum atomic E-state index is -2.75. The smallest absolute Gasteiger partial charge is 0.333 e. The second kappa shape index (κ2) is 4.58. The molecule has 0 saturated carbocycles. The summed E-state index contributed by atoms with van der Waals surface area (Å²) in [6, 6.07) is 4.11. The molecule has 0 aliphatic rings. The van der Waals surface area contributed by atoms with Crippen LogP contribution in [0.25, 0.3) is 11.1 Å². The van der Waals surface area contributed by atoms with Crippen LogP contribution in [-0.2, 0) is 6.61 Å². The molecule has 0 saturated heterocycles. The molecule has 0 aliphatic carbocycles. The summed E-state index contributed by atoms with van der Waals surface area (Å²) in [7, 11) is 0. The lowest BCUT2D eigenvalue weighted by molar-refractivity contribution is 0.0566. The van der Waals surface area contributed by atoms with Gasteiger partial charge in [0, 0.05) is 17.3 Å². The van der Waals surface area contributed by atoms with Gasteiger partial charge >= 0.3 is 6.55 Å². The second-order valence-corrected chi connectivity index (χ2v) is 3.46. The Balaban J connectivity index is 2.38. The van der Waals surface area contributed by atoms with Crippen molar-refractivity contribution >= 4 is 0 Å². The number of hydrogen-bond acceptors (Lipinski definition) is 2. The van der Waals surface area contributed by atoms with Gasteiger partial charge in [0.15, 0.2) is 0 Å². The van der Waals surface area contributed by atoms with Crippen LogP contribution in [0.1, 0.15) is 12.1 Å². The molecule has 0 atom stereocenters. The molecule has 1 aromatic heterocycles. The molecule has 0 fully saturated rings. The summed E-state index contributed by atoms with van der Waals surface area (Å²) in [4.78, 5) is 0. The number of halogens is 3. The first-order valence-electron chi connectivity index (χ1n) is 4.84. The molecule has 90 valence electrons. The molecule has 0 radical (unpaired) electrons. The van der Waals surface area contributed by atoms with Gasteiger partial charge in [0.05, 0.1) is 12.8 Å². The molecular formula is C11H9F3N2O. The quantitative estimate of drug-likeness (QED) is 0.898. The van der Waals surface area contributed by atoms with Crippen LogP contribution in [0.2, 0.25) is 0 Å². The average molecular weight is 242 g/mol. The van der Waals surface area contributed by atoms with E-state index in [9.17, 15) is 13.2 Å². The molecule has 0 unspecified atom stereocenters. The fourth-order valence-corrected chi connectivity index (χ4v) is 1.47. The maximum atomic E-state index is 13.6. The lowest BCUT2D eigenvalue weighted by Gasteiger charge is -2.02. The van der Waals surface area contributed by atoms with Crippen molar-refractivity contribution < 1.29 is 18.3 Å². The number of benzene rings is 1. The first-order valence-corrected chi connectivity index (χ1v) is 4.84. The monoisotopic (exact) mass is 242 g/mol. The van der Waals surface area contributed by atoms with E-state index in [2.05, 4.69) is 5.10 Å². The molecule has 0 spiro atoms. The maximum Gasteiger partial charge on any atom is 0.333 e. The Hall–Kier alpha value is -1.82. The van der Waals surface area contributed by atoms with Gasteiger partial charge in [-0.15, -0.1) is 0 Å². The number of alkyl halides is 2. The fourth-order valence-electron chi connectivity index (χ4n) is 1.47. The van der Waals surface area contributed by atoms with Crippen molar-refractivity contribution in [2.75, 3.05) is 0 Å². The van der Waals surface area contributed by atoms with Gasteiger partial charge < -0.3 is 5.11 Å². The van der Waals surface area contributed by atoms with Crippen LogP contribution >= 0.6 is 0 Å². The van der Waals surface area contributed by atoms with E-state index in [1.54, 1.807) is 0 Å². The maximum absolute atomic E-state index is 13.6. The molecule has 0 aliphatic heterocycles. The summed E-state index contributed by atoms with van der Waals surface area (Å²) >= 11 is 0. The molecule has 17 heavy (non-hydrogen) atoms. The van der Waals surface area contributed by atoms with Crippen LogP contribution in [0.4, 0.5) is 13.2 Å². The molecule has 0 bridgehead atoms. The van der Waals surface area contributed by atoms with Gasteiger partial charge in [-0.25, -0.2) is 9.07 Å². The van der Waals surface area contributed by atoms with Crippen LogP contribution < -0.4 is 0 Å². The number of aromatic nitrogens is 2. The Bertz CT molecular complexity index is 525. The summed E-state index contributed by atoms with van der Waals surface area (Å²) in [5.41, 5.74) is 0.869. The van der Waals surface area contributed by atoms with Crippen LogP contribution in [0.5, 0.6) is 0 Å². The highest BCUT2D eigenvalue weighted by Crippen LogP contribution is 2.24. The van der Waals surface area contributed by atoms with Gasteiger partial charge in [-0.3, -0.25) is 0 Å². The van der Waals surface area contributed by atoms with Gasteiger partial charge in [-0.2, -0.15) is 13.9 Å². The number of nitrogens with zero attached hydrogens (tertiary/aromatic N) is 2. The van der Waals surface area contributed by atoms with E-state index in [0.29, 0.717) is 10.2 Å². The molecule has 1 N–H and O–H groups in total. The van der Waals surface area contributed by atoms with Crippen molar-refractivity contribution in [1.29, 1.82) is 0 Å². The lowest BCUT2D eigenvalue weighted by Crippen LogP contribution is -1.96. The Labute approximate surface area is 95.1 Å². The average Bonchev–Trinajstić information content (AvgIpc) is 2.78. The highest BCUT2D eigenvalue weighted by molar-refractivity contribution is 5.62. The highest BCUT2D eigenvalue weighted by Gasteiger charge is 2.11. The van der Waals surface area contributed by atoms with Crippen LogP contribution in [0, 0.1) is 5.82 Å². The van der Waals surface area contributed by atoms with E-state index in [-0.39, 0.29) is 17.7 Å². The number of aliphatic hydroxyl groups is 1. The van der Waals surface area contributed by atoms with Crippen molar-refractivity contribution in [3.8, 4) is 11.1 Å². The first-order chi connectivity index (χ1) is 8.11. The van der Waals surface area contributed by atoms with Gasteiger partial charge in [0.2, 0.25) is 0 Å². The number of hydrogen-bond donors (Lipinski definition) is 1. The molecular weight excluding hydrogens is 233 g/mol. The fraction of sp³-hybridized carbons (Fsp3) is 0.182. The normalized spacial score (nSPS) is 11.1. The van der Waals surface area contributed by atoms with E-state index in [0.717, 1.165) is 12.3 Å². The summed E-state index contributed by atoms with van der Waals surface area (Å²) in [5, 5.41) is 12.2. The Morgan fingerprint density at radius 3 is 2.65 bits per heavy atom. The van der Waals surface area contributed by atoms with Crippen LogP contribution in [0.15, 0.2) is 30.6 Å². The minimum absolute atomic E-state index is 0.175. The molecule has 1 heterocycles. The van der Waals surface area contributed by atoms with Gasteiger partial charge in [-0.1, -0.05) is 12.1 Å². The third-order valence-corrected chi connectivity index (χ3v) is 2.33. The van der Waals surface area contributed by atoms with Gasteiger partial charge in [0.25, 0.3) is 0 Å².